The minimum absolute atomic E-state index is 0.0877. The fourth-order valence-corrected chi connectivity index (χ4v) is 4.30. The highest BCUT2D eigenvalue weighted by atomic mass is 19.4. The Hall–Kier alpha value is -2.49. The van der Waals surface area contributed by atoms with E-state index in [2.05, 4.69) is 0 Å². The van der Waals surface area contributed by atoms with Gasteiger partial charge in [-0.1, -0.05) is 31.4 Å². The Balaban J connectivity index is 1.83. The zero-order chi connectivity index (χ0) is 27.1. The van der Waals surface area contributed by atoms with E-state index in [-0.39, 0.29) is 25.6 Å². The van der Waals surface area contributed by atoms with E-state index in [1.165, 1.54) is 0 Å². The minimum atomic E-state index is -4.13. The summed E-state index contributed by atoms with van der Waals surface area (Å²) >= 11 is 0. The van der Waals surface area contributed by atoms with Gasteiger partial charge in [0.2, 0.25) is 0 Å². The van der Waals surface area contributed by atoms with Crippen LogP contribution in [0.3, 0.4) is 0 Å². The van der Waals surface area contributed by atoms with Gasteiger partial charge in [-0.3, -0.25) is 0 Å². The highest BCUT2D eigenvalue weighted by Crippen LogP contribution is 2.23. The summed E-state index contributed by atoms with van der Waals surface area (Å²) in [5.74, 6) is -0.428. The van der Waals surface area contributed by atoms with E-state index in [1.54, 1.807) is 36.1 Å². The van der Waals surface area contributed by atoms with Crippen LogP contribution >= 0.6 is 0 Å². The lowest BCUT2D eigenvalue weighted by atomic mass is 9.98. The number of carboxylic acids is 1. The molecule has 7 nitrogen and oxygen atoms in total. The summed E-state index contributed by atoms with van der Waals surface area (Å²) in [6, 6.07) is 7.04. The number of nitrogens with zero attached hydrogens (tertiary/aromatic N) is 1. The number of halogens is 3. The molecule has 0 spiro atoms. The standard InChI is InChI=1S/C27H40F3NO6/c1-2-35-24(25(32)33)20-21-12-14-22(15-13-21)36-19-18-31(17-9-4-3-8-16-27(28,29)30)26(34)37-23-10-6-5-7-11-23/h12-15,23-24H,2-11,16-20H2,1H3,(H,32,33). The molecule has 1 unspecified atom stereocenters. The average molecular weight is 532 g/mol. The van der Waals surface area contributed by atoms with Crippen molar-refractivity contribution >= 4 is 12.1 Å². The molecule has 37 heavy (non-hydrogen) atoms. The zero-order valence-electron chi connectivity index (χ0n) is 21.6. The molecule has 0 aromatic heterocycles. The smallest absolute Gasteiger partial charge is 0.410 e. The van der Waals surface area contributed by atoms with Crippen molar-refractivity contribution in [1.29, 1.82) is 0 Å². The first-order valence-electron chi connectivity index (χ1n) is 13.3. The Morgan fingerprint density at radius 3 is 2.32 bits per heavy atom. The van der Waals surface area contributed by atoms with Gasteiger partial charge in [0.25, 0.3) is 0 Å². The van der Waals surface area contributed by atoms with Crippen LogP contribution in [0, 0.1) is 0 Å². The Morgan fingerprint density at radius 2 is 1.70 bits per heavy atom. The summed E-state index contributed by atoms with van der Waals surface area (Å²) < 4.78 is 53.7. The molecule has 0 radical (unpaired) electrons. The molecule has 0 saturated heterocycles. The average Bonchev–Trinajstić information content (AvgIpc) is 2.85. The lowest BCUT2D eigenvalue weighted by Crippen LogP contribution is -2.38. The van der Waals surface area contributed by atoms with Gasteiger partial charge in [0.15, 0.2) is 6.10 Å². The molecular weight excluding hydrogens is 491 g/mol. The van der Waals surface area contributed by atoms with Crippen molar-refractivity contribution < 1.29 is 42.1 Å². The van der Waals surface area contributed by atoms with Crippen molar-refractivity contribution in [1.82, 2.24) is 4.90 Å². The lowest BCUT2D eigenvalue weighted by molar-refractivity contribution is -0.150. The molecule has 1 aromatic carbocycles. The number of rotatable bonds is 16. The van der Waals surface area contributed by atoms with Crippen LogP contribution in [0.15, 0.2) is 24.3 Å². The van der Waals surface area contributed by atoms with E-state index >= 15 is 0 Å². The number of hydrogen-bond acceptors (Lipinski definition) is 5. The van der Waals surface area contributed by atoms with Crippen molar-refractivity contribution in [3.05, 3.63) is 29.8 Å². The SMILES string of the molecule is CCOC(Cc1ccc(OCCN(CCCCCCC(F)(F)F)C(=O)OC2CCCCC2)cc1)C(=O)O. The third-order valence-corrected chi connectivity index (χ3v) is 6.33. The second kappa shape index (κ2) is 16.4. The number of ether oxygens (including phenoxy) is 3. The van der Waals surface area contributed by atoms with E-state index in [0.717, 1.165) is 37.7 Å². The molecule has 0 aliphatic heterocycles. The Bertz CT molecular complexity index is 796. The second-order valence-electron chi connectivity index (χ2n) is 9.39. The normalized spacial score (nSPS) is 15.2. The molecular formula is C27H40F3NO6. The number of carbonyl (C=O) groups is 2. The van der Waals surface area contributed by atoms with E-state index in [4.69, 9.17) is 14.2 Å². The second-order valence-corrected chi connectivity index (χ2v) is 9.39. The largest absolute Gasteiger partial charge is 0.492 e. The molecule has 2 rings (SSSR count). The van der Waals surface area contributed by atoms with Gasteiger partial charge in [-0.15, -0.1) is 0 Å². The molecule has 210 valence electrons. The van der Waals surface area contributed by atoms with E-state index in [9.17, 15) is 27.9 Å². The fraction of sp³-hybridized carbons (Fsp3) is 0.704. The van der Waals surface area contributed by atoms with Crippen LogP contribution in [0.4, 0.5) is 18.0 Å². The number of aliphatic carboxylic acids is 1. The highest BCUT2D eigenvalue weighted by molar-refractivity contribution is 5.72. The summed E-state index contributed by atoms with van der Waals surface area (Å²) in [4.78, 5) is 25.7. The summed E-state index contributed by atoms with van der Waals surface area (Å²) in [6.45, 7) is 2.97. The Kier molecular flexibility index (Phi) is 13.6. The summed E-state index contributed by atoms with van der Waals surface area (Å²) in [5.41, 5.74) is 0.802. The molecule has 1 saturated carbocycles. The maximum absolute atomic E-state index is 12.8. The van der Waals surface area contributed by atoms with Crippen LogP contribution in [0.2, 0.25) is 0 Å². The summed E-state index contributed by atoms with van der Waals surface area (Å²) in [5, 5.41) is 9.24. The number of alkyl halides is 3. The monoisotopic (exact) mass is 531 g/mol. The number of carbonyl (C=O) groups excluding carboxylic acids is 1. The number of hydrogen-bond donors (Lipinski definition) is 1. The minimum Gasteiger partial charge on any atom is -0.492 e. The van der Waals surface area contributed by atoms with Crippen LogP contribution in [-0.2, 0) is 20.7 Å². The van der Waals surface area contributed by atoms with Gasteiger partial charge in [-0.25, -0.2) is 9.59 Å². The van der Waals surface area contributed by atoms with Gasteiger partial charge in [0, 0.05) is 26.0 Å². The molecule has 1 aromatic rings. The van der Waals surface area contributed by atoms with Crippen LogP contribution in [0.1, 0.15) is 76.7 Å². The van der Waals surface area contributed by atoms with Gasteiger partial charge in [0.05, 0.1) is 6.54 Å². The first-order valence-corrected chi connectivity index (χ1v) is 13.3. The highest BCUT2D eigenvalue weighted by Gasteiger charge is 2.26. The van der Waals surface area contributed by atoms with Crippen molar-refractivity contribution in [2.24, 2.45) is 0 Å². The number of amides is 1. The molecule has 0 heterocycles. The van der Waals surface area contributed by atoms with E-state index < -0.39 is 30.8 Å². The zero-order valence-corrected chi connectivity index (χ0v) is 21.6. The molecule has 1 N–H and O–H groups in total. The van der Waals surface area contributed by atoms with E-state index in [0.29, 0.717) is 44.7 Å². The van der Waals surface area contributed by atoms with Gasteiger partial charge in [0.1, 0.15) is 18.5 Å². The Labute approximate surface area is 217 Å². The third kappa shape index (κ3) is 13.0. The maximum Gasteiger partial charge on any atom is 0.410 e. The molecule has 1 atom stereocenters. The van der Waals surface area contributed by atoms with Crippen LogP contribution in [-0.4, -0.2) is 66.8 Å². The number of unbranched alkanes of at least 4 members (excludes halogenated alkanes) is 3. The van der Waals surface area contributed by atoms with Crippen molar-refractivity contribution in [3.8, 4) is 5.75 Å². The van der Waals surface area contributed by atoms with Gasteiger partial charge in [-0.05, 0) is 63.1 Å². The number of carboxylic acid groups (broad SMARTS) is 1. The van der Waals surface area contributed by atoms with Crippen molar-refractivity contribution in [2.75, 3.05) is 26.3 Å². The fourth-order valence-electron chi connectivity index (χ4n) is 4.30. The van der Waals surface area contributed by atoms with Gasteiger partial charge >= 0.3 is 18.2 Å². The van der Waals surface area contributed by atoms with Crippen molar-refractivity contribution in [2.45, 2.75) is 95.9 Å². The predicted octanol–water partition coefficient (Wildman–Crippen LogP) is 6.38. The van der Waals surface area contributed by atoms with Crippen LogP contribution < -0.4 is 4.74 Å². The summed E-state index contributed by atoms with van der Waals surface area (Å²) in [7, 11) is 0. The molecule has 10 heteroatoms. The van der Waals surface area contributed by atoms with Gasteiger partial charge in [-0.2, -0.15) is 13.2 Å². The first kappa shape index (κ1) is 30.7. The first-order chi connectivity index (χ1) is 17.7. The van der Waals surface area contributed by atoms with Crippen LogP contribution in [0.5, 0.6) is 5.75 Å². The topological polar surface area (TPSA) is 85.3 Å². The Morgan fingerprint density at radius 1 is 1.03 bits per heavy atom. The van der Waals surface area contributed by atoms with Crippen LogP contribution in [0.25, 0.3) is 0 Å². The van der Waals surface area contributed by atoms with Gasteiger partial charge < -0.3 is 24.2 Å². The van der Waals surface area contributed by atoms with E-state index in [1.807, 2.05) is 0 Å². The third-order valence-electron chi connectivity index (χ3n) is 6.33. The number of benzene rings is 1. The summed E-state index contributed by atoms with van der Waals surface area (Å²) in [6.07, 6.45) is 0.593. The lowest BCUT2D eigenvalue weighted by Gasteiger charge is -2.27. The quantitative estimate of drug-likeness (QED) is 0.249. The molecule has 1 aliphatic rings. The molecule has 1 fully saturated rings. The molecule has 1 aliphatic carbocycles. The maximum atomic E-state index is 12.8. The molecule has 0 bridgehead atoms. The predicted molar refractivity (Wildman–Crippen MR) is 133 cm³/mol. The van der Waals surface area contributed by atoms with Crippen molar-refractivity contribution in [3.63, 3.8) is 0 Å². The molecule has 1 amide bonds.